The van der Waals surface area contributed by atoms with Crippen LogP contribution in [0.5, 0.6) is 0 Å². The van der Waals surface area contributed by atoms with Gasteiger partial charge in [-0.15, -0.1) is 0 Å². The predicted molar refractivity (Wildman–Crippen MR) is 79.6 cm³/mol. The number of benzene rings is 1. The number of amides is 1. The molecule has 0 atom stereocenters. The summed E-state index contributed by atoms with van der Waals surface area (Å²) in [5, 5.41) is 3.07. The topological polar surface area (TPSA) is 102 Å². The number of nitrogens with one attached hydrogen (secondary N) is 1. The first-order chi connectivity index (χ1) is 9.86. The number of nitrogens with zero attached hydrogens (tertiary/aromatic N) is 1. The van der Waals surface area contributed by atoms with Crippen molar-refractivity contribution in [1.29, 1.82) is 0 Å². The summed E-state index contributed by atoms with van der Waals surface area (Å²) < 4.78 is 22.7. The summed E-state index contributed by atoms with van der Waals surface area (Å²) in [4.78, 5) is 15.3. The highest BCUT2D eigenvalue weighted by molar-refractivity contribution is 7.90. The lowest BCUT2D eigenvalue weighted by atomic mass is 10.2. The zero-order valence-electron chi connectivity index (χ0n) is 11.4. The maximum absolute atomic E-state index is 11.3. The van der Waals surface area contributed by atoms with Crippen LogP contribution in [-0.2, 0) is 16.4 Å². The largest absolute Gasteiger partial charge is 0.366 e. The molecule has 0 bridgehead atoms. The Morgan fingerprint density at radius 2 is 1.86 bits per heavy atom. The van der Waals surface area contributed by atoms with Gasteiger partial charge < -0.3 is 11.1 Å². The maximum atomic E-state index is 11.3. The minimum atomic E-state index is -3.18. The number of aromatic nitrogens is 1. The Balaban J connectivity index is 2.01. The number of carbonyl (C=O) groups is 1. The summed E-state index contributed by atoms with van der Waals surface area (Å²) in [6, 6.07) is 9.85. The Kier molecular flexibility index (Phi) is 4.23. The highest BCUT2D eigenvalue weighted by atomic mass is 32.2. The maximum Gasteiger partial charge on any atom is 0.250 e. The molecule has 1 aromatic carbocycles. The van der Waals surface area contributed by atoms with Gasteiger partial charge in [-0.2, -0.15) is 0 Å². The number of hydrogen-bond donors (Lipinski definition) is 2. The van der Waals surface area contributed by atoms with Crippen molar-refractivity contribution in [3.63, 3.8) is 0 Å². The molecule has 7 heteroatoms. The van der Waals surface area contributed by atoms with E-state index in [-0.39, 0.29) is 4.90 Å². The van der Waals surface area contributed by atoms with Crippen LogP contribution in [0.15, 0.2) is 47.5 Å². The van der Waals surface area contributed by atoms with E-state index in [1.807, 2.05) is 0 Å². The van der Waals surface area contributed by atoms with Crippen molar-refractivity contribution in [2.45, 2.75) is 11.4 Å². The van der Waals surface area contributed by atoms with Crippen LogP contribution in [0.25, 0.3) is 0 Å². The molecule has 1 aromatic heterocycles. The lowest BCUT2D eigenvalue weighted by molar-refractivity contribution is 0.1000. The van der Waals surface area contributed by atoms with E-state index in [9.17, 15) is 13.2 Å². The molecule has 0 spiro atoms. The van der Waals surface area contributed by atoms with E-state index >= 15 is 0 Å². The molecule has 0 fully saturated rings. The first kappa shape index (κ1) is 15.0. The van der Waals surface area contributed by atoms with Crippen LogP contribution >= 0.6 is 0 Å². The monoisotopic (exact) mass is 305 g/mol. The van der Waals surface area contributed by atoms with Gasteiger partial charge in [0.1, 0.15) is 5.82 Å². The minimum absolute atomic E-state index is 0.287. The van der Waals surface area contributed by atoms with E-state index in [4.69, 9.17) is 5.73 Å². The molecule has 2 rings (SSSR count). The number of sulfone groups is 1. The second kappa shape index (κ2) is 5.92. The molecule has 110 valence electrons. The summed E-state index contributed by atoms with van der Waals surface area (Å²) in [6.45, 7) is 0.493. The Bertz CT molecular complexity index is 738. The first-order valence-corrected chi connectivity index (χ1v) is 8.04. The Morgan fingerprint density at radius 3 is 2.33 bits per heavy atom. The van der Waals surface area contributed by atoms with Crippen LogP contribution in [0.2, 0.25) is 0 Å². The number of primary amides is 1. The number of carbonyl (C=O) groups excluding carboxylic acids is 1. The van der Waals surface area contributed by atoms with Gasteiger partial charge in [-0.25, -0.2) is 13.4 Å². The zero-order chi connectivity index (χ0) is 15.5. The average molecular weight is 305 g/mol. The number of nitrogens with two attached hydrogens (primary N) is 1. The van der Waals surface area contributed by atoms with Crippen LogP contribution in [0.3, 0.4) is 0 Å². The van der Waals surface area contributed by atoms with Crippen LogP contribution in [0.1, 0.15) is 15.9 Å². The average Bonchev–Trinajstić information content (AvgIpc) is 2.45. The number of anilines is 1. The normalized spacial score (nSPS) is 11.1. The third-order valence-electron chi connectivity index (χ3n) is 2.87. The quantitative estimate of drug-likeness (QED) is 0.864. The molecule has 0 aliphatic rings. The number of pyridine rings is 1. The Labute approximate surface area is 122 Å². The Hall–Kier alpha value is -2.41. The zero-order valence-corrected chi connectivity index (χ0v) is 12.2. The highest BCUT2D eigenvalue weighted by Gasteiger charge is 2.06. The van der Waals surface area contributed by atoms with Crippen molar-refractivity contribution in [1.82, 2.24) is 4.98 Å². The van der Waals surface area contributed by atoms with Gasteiger partial charge in [-0.1, -0.05) is 12.1 Å². The van der Waals surface area contributed by atoms with Crippen LogP contribution in [0.4, 0.5) is 5.82 Å². The molecule has 0 unspecified atom stereocenters. The third-order valence-corrected chi connectivity index (χ3v) is 4.00. The van der Waals surface area contributed by atoms with Gasteiger partial charge in [0.15, 0.2) is 9.84 Å². The summed E-state index contributed by atoms with van der Waals surface area (Å²) in [6.07, 6.45) is 2.57. The van der Waals surface area contributed by atoms with Crippen molar-refractivity contribution < 1.29 is 13.2 Å². The van der Waals surface area contributed by atoms with Crippen LogP contribution in [-0.4, -0.2) is 25.6 Å². The van der Waals surface area contributed by atoms with Crippen molar-refractivity contribution in [3.05, 3.63) is 53.7 Å². The predicted octanol–water partition coefficient (Wildman–Crippen LogP) is 1.20. The van der Waals surface area contributed by atoms with E-state index in [0.29, 0.717) is 17.9 Å². The van der Waals surface area contributed by atoms with Crippen molar-refractivity contribution >= 4 is 21.6 Å². The number of hydrogen-bond acceptors (Lipinski definition) is 5. The van der Waals surface area contributed by atoms with Gasteiger partial charge in [0, 0.05) is 19.0 Å². The van der Waals surface area contributed by atoms with E-state index in [0.717, 1.165) is 5.56 Å². The van der Waals surface area contributed by atoms with E-state index in [1.54, 1.807) is 36.4 Å². The summed E-state index contributed by atoms with van der Waals surface area (Å²) in [5.41, 5.74) is 6.39. The fourth-order valence-corrected chi connectivity index (χ4v) is 2.32. The van der Waals surface area contributed by atoms with E-state index in [1.165, 1.54) is 12.5 Å². The van der Waals surface area contributed by atoms with Crippen LogP contribution in [0, 0.1) is 0 Å². The molecule has 0 aliphatic heterocycles. The highest BCUT2D eigenvalue weighted by Crippen LogP contribution is 2.12. The minimum Gasteiger partial charge on any atom is -0.366 e. The molecule has 0 radical (unpaired) electrons. The molecule has 0 aliphatic carbocycles. The second-order valence-corrected chi connectivity index (χ2v) is 6.58. The first-order valence-electron chi connectivity index (χ1n) is 6.15. The fraction of sp³-hybridized carbons (Fsp3) is 0.143. The molecule has 0 saturated carbocycles. The van der Waals surface area contributed by atoms with Gasteiger partial charge in [-0.3, -0.25) is 4.79 Å². The van der Waals surface area contributed by atoms with Crippen molar-refractivity contribution in [3.8, 4) is 0 Å². The van der Waals surface area contributed by atoms with Gasteiger partial charge in [0.2, 0.25) is 5.91 Å². The van der Waals surface area contributed by atoms with Gasteiger partial charge in [0.25, 0.3) is 0 Å². The van der Waals surface area contributed by atoms with E-state index < -0.39 is 15.7 Å². The van der Waals surface area contributed by atoms with Gasteiger partial charge in [-0.05, 0) is 29.8 Å². The van der Waals surface area contributed by atoms with E-state index in [2.05, 4.69) is 10.3 Å². The van der Waals surface area contributed by atoms with Crippen LogP contribution < -0.4 is 11.1 Å². The molecular weight excluding hydrogens is 290 g/mol. The standard InChI is InChI=1S/C14H15N3O3S/c1-21(19,20)12-5-2-10(3-6-12)8-16-13-7-4-11(9-17-13)14(15)18/h2-7,9H,8H2,1H3,(H2,15,18)(H,16,17). The Morgan fingerprint density at radius 1 is 1.19 bits per heavy atom. The molecule has 3 N–H and O–H groups in total. The second-order valence-electron chi connectivity index (χ2n) is 4.57. The molecule has 0 saturated heterocycles. The lowest BCUT2D eigenvalue weighted by Gasteiger charge is -2.06. The molecule has 1 heterocycles. The van der Waals surface area contributed by atoms with Gasteiger partial charge in [0.05, 0.1) is 10.5 Å². The smallest absolute Gasteiger partial charge is 0.250 e. The molecule has 2 aromatic rings. The fourth-order valence-electron chi connectivity index (χ4n) is 1.69. The number of rotatable bonds is 5. The summed E-state index contributed by atoms with van der Waals surface area (Å²) >= 11 is 0. The summed E-state index contributed by atoms with van der Waals surface area (Å²) in [7, 11) is -3.18. The van der Waals surface area contributed by atoms with Gasteiger partial charge >= 0.3 is 0 Å². The third kappa shape index (κ3) is 4.03. The molecular formula is C14H15N3O3S. The molecule has 21 heavy (non-hydrogen) atoms. The van der Waals surface area contributed by atoms with Crippen molar-refractivity contribution in [2.24, 2.45) is 5.73 Å². The lowest BCUT2D eigenvalue weighted by Crippen LogP contribution is -2.11. The molecule has 1 amide bonds. The summed E-state index contributed by atoms with van der Waals surface area (Å²) in [5.74, 6) is 0.0811. The molecule has 6 nitrogen and oxygen atoms in total. The SMILES string of the molecule is CS(=O)(=O)c1ccc(CNc2ccc(C(N)=O)cn2)cc1. The van der Waals surface area contributed by atoms with Crippen molar-refractivity contribution in [2.75, 3.05) is 11.6 Å².